The van der Waals surface area contributed by atoms with Crippen LogP contribution in [0, 0.1) is 6.92 Å². The van der Waals surface area contributed by atoms with E-state index < -0.39 is 17.7 Å². The number of halogens is 2. The van der Waals surface area contributed by atoms with Crippen molar-refractivity contribution in [2.75, 3.05) is 11.5 Å². The summed E-state index contributed by atoms with van der Waals surface area (Å²) in [6.45, 7) is 4.03. The minimum atomic E-state index is -0.877. The van der Waals surface area contributed by atoms with Crippen LogP contribution in [0.4, 0.5) is 5.69 Å². The zero-order chi connectivity index (χ0) is 23.7. The number of nitrogens with zero attached hydrogens (tertiary/aromatic N) is 2. The zero-order valence-electron chi connectivity index (χ0n) is 17.9. The van der Waals surface area contributed by atoms with E-state index in [2.05, 4.69) is 4.98 Å². The Kier molecular flexibility index (Phi) is 6.40. The molecular weight excluding hydrogens is 463 g/mol. The summed E-state index contributed by atoms with van der Waals surface area (Å²) in [5.74, 6) is -1.53. The first-order chi connectivity index (χ1) is 15.8. The number of pyridine rings is 1. The van der Waals surface area contributed by atoms with Gasteiger partial charge < -0.3 is 9.84 Å². The normalized spacial score (nSPS) is 17.5. The molecule has 1 fully saturated rings. The molecule has 0 saturated carbocycles. The van der Waals surface area contributed by atoms with E-state index in [1.165, 1.54) is 4.90 Å². The number of aliphatic hydroxyl groups excluding tert-OH is 1. The molecule has 1 unspecified atom stereocenters. The molecule has 3 aromatic rings. The summed E-state index contributed by atoms with van der Waals surface area (Å²) >= 11 is 12.5. The molecule has 0 aliphatic carbocycles. The second-order valence-electron chi connectivity index (χ2n) is 7.46. The maximum absolute atomic E-state index is 13.2. The van der Waals surface area contributed by atoms with Gasteiger partial charge >= 0.3 is 0 Å². The van der Waals surface area contributed by atoms with Gasteiger partial charge in [0.1, 0.15) is 11.5 Å². The number of carbonyl (C=O) groups is 2. The molecule has 1 saturated heterocycles. The molecule has 8 heteroatoms. The van der Waals surface area contributed by atoms with E-state index in [1.807, 2.05) is 13.8 Å². The van der Waals surface area contributed by atoms with Crippen LogP contribution in [0.15, 0.2) is 66.5 Å². The third-order valence-corrected chi connectivity index (χ3v) is 6.12. The molecule has 6 nitrogen and oxygen atoms in total. The molecule has 2 heterocycles. The van der Waals surface area contributed by atoms with Gasteiger partial charge in [0.05, 0.1) is 23.2 Å². The molecule has 1 N–H and O–H groups in total. The molecule has 1 aliphatic heterocycles. The van der Waals surface area contributed by atoms with Crippen molar-refractivity contribution in [2.24, 2.45) is 0 Å². The van der Waals surface area contributed by atoms with Crippen LogP contribution >= 0.6 is 23.2 Å². The number of ether oxygens (including phenoxy) is 1. The van der Waals surface area contributed by atoms with Gasteiger partial charge in [-0.15, -0.1) is 0 Å². The zero-order valence-corrected chi connectivity index (χ0v) is 19.4. The lowest BCUT2D eigenvalue weighted by Crippen LogP contribution is -2.29. The first kappa shape index (κ1) is 22.8. The van der Waals surface area contributed by atoms with Crippen LogP contribution in [0.3, 0.4) is 0 Å². The van der Waals surface area contributed by atoms with Gasteiger partial charge in [-0.05, 0) is 67.4 Å². The Labute approximate surface area is 201 Å². The standard InChI is InChI=1S/C25H20Cl2N2O4/c1-3-33-20-12-16(5-7-18(20)26)23(30)21-22(15-8-10-28-11-9-15)29(25(32)24(21)31)17-6-4-14(2)19(27)13-17/h4-13,22,30H,3H2,1-2H3/b23-21+. The minimum absolute atomic E-state index is 0.0485. The van der Waals surface area contributed by atoms with Gasteiger partial charge in [0.25, 0.3) is 11.7 Å². The molecule has 1 atom stereocenters. The number of rotatable bonds is 5. The largest absolute Gasteiger partial charge is 0.507 e. The molecule has 4 rings (SSSR count). The molecule has 168 valence electrons. The fraction of sp³-hybridized carbons (Fsp3) is 0.160. The van der Waals surface area contributed by atoms with E-state index in [0.29, 0.717) is 39.2 Å². The number of hydrogen-bond acceptors (Lipinski definition) is 5. The number of anilines is 1. The molecule has 33 heavy (non-hydrogen) atoms. The topological polar surface area (TPSA) is 79.7 Å². The molecule has 1 aromatic heterocycles. The van der Waals surface area contributed by atoms with Gasteiger partial charge in [-0.2, -0.15) is 0 Å². The Morgan fingerprint density at radius 1 is 1.06 bits per heavy atom. The van der Waals surface area contributed by atoms with Gasteiger partial charge in [0.15, 0.2) is 0 Å². The first-order valence-corrected chi connectivity index (χ1v) is 11.0. The molecule has 1 amide bonds. The average Bonchev–Trinajstić information content (AvgIpc) is 3.08. The number of aryl methyl sites for hydroxylation is 1. The van der Waals surface area contributed by atoms with Crippen molar-refractivity contribution < 1.29 is 19.4 Å². The van der Waals surface area contributed by atoms with E-state index in [9.17, 15) is 14.7 Å². The third kappa shape index (κ3) is 4.19. The molecule has 0 spiro atoms. The summed E-state index contributed by atoms with van der Waals surface area (Å²) < 4.78 is 5.51. The van der Waals surface area contributed by atoms with Crippen LogP contribution in [0.2, 0.25) is 10.0 Å². The predicted octanol–water partition coefficient (Wildman–Crippen LogP) is 5.72. The Balaban J connectivity index is 1.93. The van der Waals surface area contributed by atoms with Gasteiger partial charge in [-0.1, -0.05) is 29.3 Å². The summed E-state index contributed by atoms with van der Waals surface area (Å²) in [5, 5.41) is 12.1. The number of Topliss-reactive ketones (excluding diaryl/α,β-unsaturated/α-hetero) is 1. The van der Waals surface area contributed by atoms with Crippen LogP contribution in [-0.2, 0) is 9.59 Å². The minimum Gasteiger partial charge on any atom is -0.507 e. The predicted molar refractivity (Wildman–Crippen MR) is 128 cm³/mol. The van der Waals surface area contributed by atoms with Gasteiger partial charge in [0, 0.05) is 28.7 Å². The van der Waals surface area contributed by atoms with Crippen LogP contribution < -0.4 is 9.64 Å². The lowest BCUT2D eigenvalue weighted by molar-refractivity contribution is -0.132. The smallest absolute Gasteiger partial charge is 0.300 e. The fourth-order valence-corrected chi connectivity index (χ4v) is 4.11. The number of amides is 1. The highest BCUT2D eigenvalue weighted by Crippen LogP contribution is 2.43. The van der Waals surface area contributed by atoms with E-state index in [0.717, 1.165) is 5.56 Å². The summed E-state index contributed by atoms with van der Waals surface area (Å²) in [5.41, 5.74) is 2.15. The number of hydrogen-bond donors (Lipinski definition) is 1. The monoisotopic (exact) mass is 482 g/mol. The fourth-order valence-electron chi connectivity index (χ4n) is 3.76. The van der Waals surface area contributed by atoms with Gasteiger partial charge in [0.2, 0.25) is 0 Å². The van der Waals surface area contributed by atoms with Crippen molar-refractivity contribution in [3.05, 3.63) is 93.2 Å². The van der Waals surface area contributed by atoms with Crippen molar-refractivity contribution >= 4 is 46.3 Å². The second-order valence-corrected chi connectivity index (χ2v) is 8.28. The second kappa shape index (κ2) is 9.25. The van der Waals surface area contributed by atoms with E-state index in [-0.39, 0.29) is 11.3 Å². The van der Waals surface area contributed by atoms with Crippen molar-refractivity contribution in [1.82, 2.24) is 4.98 Å². The van der Waals surface area contributed by atoms with Gasteiger partial charge in [-0.25, -0.2) is 0 Å². The van der Waals surface area contributed by atoms with Crippen molar-refractivity contribution in [3.8, 4) is 5.75 Å². The van der Waals surface area contributed by atoms with Crippen molar-refractivity contribution in [3.63, 3.8) is 0 Å². The number of carbonyl (C=O) groups excluding carboxylic acids is 2. The highest BCUT2D eigenvalue weighted by molar-refractivity contribution is 6.51. The van der Waals surface area contributed by atoms with E-state index in [1.54, 1.807) is 60.9 Å². The van der Waals surface area contributed by atoms with Crippen molar-refractivity contribution in [2.45, 2.75) is 19.9 Å². The Bertz CT molecular complexity index is 1270. The average molecular weight is 483 g/mol. The summed E-state index contributed by atoms with van der Waals surface area (Å²) in [6.07, 6.45) is 3.13. The molecule has 1 aliphatic rings. The van der Waals surface area contributed by atoms with E-state index >= 15 is 0 Å². The van der Waals surface area contributed by atoms with Crippen LogP contribution in [0.25, 0.3) is 5.76 Å². The number of aromatic nitrogens is 1. The maximum atomic E-state index is 13.2. The summed E-state index contributed by atoms with van der Waals surface area (Å²) in [7, 11) is 0. The first-order valence-electron chi connectivity index (χ1n) is 10.2. The maximum Gasteiger partial charge on any atom is 0.300 e. The Hall–Kier alpha value is -3.35. The quantitative estimate of drug-likeness (QED) is 0.285. The van der Waals surface area contributed by atoms with Crippen LogP contribution in [-0.4, -0.2) is 28.4 Å². The van der Waals surface area contributed by atoms with Gasteiger partial charge in [-0.3, -0.25) is 19.5 Å². The molecule has 0 bridgehead atoms. The molecule has 2 aromatic carbocycles. The molecule has 0 radical (unpaired) electrons. The third-order valence-electron chi connectivity index (χ3n) is 5.40. The lowest BCUT2D eigenvalue weighted by Gasteiger charge is -2.25. The summed E-state index contributed by atoms with van der Waals surface area (Å²) in [6, 6.07) is 12.3. The van der Waals surface area contributed by atoms with Crippen molar-refractivity contribution in [1.29, 1.82) is 0 Å². The Morgan fingerprint density at radius 2 is 1.79 bits per heavy atom. The SMILES string of the molecule is CCOc1cc(/C(O)=C2\C(=O)C(=O)N(c3ccc(C)c(Cl)c3)C2c2ccncc2)ccc1Cl. The van der Waals surface area contributed by atoms with Crippen LogP contribution in [0.5, 0.6) is 5.75 Å². The highest BCUT2D eigenvalue weighted by atomic mass is 35.5. The number of benzene rings is 2. The van der Waals surface area contributed by atoms with Crippen LogP contribution in [0.1, 0.15) is 29.7 Å². The molecular formula is C25H20Cl2N2O4. The van der Waals surface area contributed by atoms with E-state index in [4.69, 9.17) is 27.9 Å². The lowest BCUT2D eigenvalue weighted by atomic mass is 9.95. The summed E-state index contributed by atoms with van der Waals surface area (Å²) in [4.78, 5) is 31.8. The Morgan fingerprint density at radius 3 is 2.45 bits per heavy atom. The highest BCUT2D eigenvalue weighted by Gasteiger charge is 2.47. The number of aliphatic hydroxyl groups is 1. The number of ketones is 1.